The fourth-order valence-electron chi connectivity index (χ4n) is 0.649. The minimum atomic E-state index is -1.15. The van der Waals surface area contributed by atoms with Gasteiger partial charge in [0.15, 0.2) is 0 Å². The van der Waals surface area contributed by atoms with Crippen molar-refractivity contribution in [3.8, 4) is 0 Å². The molecule has 0 saturated carbocycles. The van der Waals surface area contributed by atoms with Crippen LogP contribution in [0.3, 0.4) is 0 Å². The van der Waals surface area contributed by atoms with Gasteiger partial charge in [-0.25, -0.2) is 0 Å². The first kappa shape index (κ1) is 10.6. The summed E-state index contributed by atoms with van der Waals surface area (Å²) in [7, 11) is -1.15. The Kier molecular flexibility index (Phi) is 5.06. The smallest absolute Gasteiger partial charge is 0.230 e. The minimum Gasteiger partial charge on any atom is -0.369 e. The summed E-state index contributed by atoms with van der Waals surface area (Å²) in [6, 6.07) is 0. The van der Waals surface area contributed by atoms with Gasteiger partial charge in [-0.15, -0.1) is 0 Å². The normalized spacial score (nSPS) is 15.8. The van der Waals surface area contributed by atoms with E-state index in [0.717, 1.165) is 0 Å². The predicted octanol–water partition coefficient (Wildman–Crippen LogP) is -1.04. The summed E-state index contributed by atoms with van der Waals surface area (Å²) in [5, 5.41) is -0.0347. The first-order valence-corrected chi connectivity index (χ1v) is 4.81. The van der Waals surface area contributed by atoms with Gasteiger partial charge in [-0.1, -0.05) is 6.92 Å². The van der Waals surface area contributed by atoms with E-state index in [4.69, 9.17) is 11.5 Å². The lowest BCUT2D eigenvalue weighted by Crippen LogP contribution is -2.26. The maximum atomic E-state index is 11.1. The molecule has 0 bridgehead atoms. The first-order chi connectivity index (χ1) is 5.07. The van der Waals surface area contributed by atoms with Crippen molar-refractivity contribution in [3.05, 3.63) is 0 Å². The van der Waals surface area contributed by atoms with E-state index in [9.17, 15) is 9.00 Å². The topological polar surface area (TPSA) is 86.2 Å². The van der Waals surface area contributed by atoms with E-state index in [1.165, 1.54) is 0 Å². The van der Waals surface area contributed by atoms with E-state index < -0.39 is 16.7 Å². The molecule has 0 radical (unpaired) electrons. The Morgan fingerprint density at radius 3 is 2.55 bits per heavy atom. The van der Waals surface area contributed by atoms with Gasteiger partial charge in [-0.2, -0.15) is 0 Å². The van der Waals surface area contributed by atoms with Gasteiger partial charge < -0.3 is 11.5 Å². The molecule has 0 heterocycles. The van der Waals surface area contributed by atoms with Gasteiger partial charge >= 0.3 is 0 Å². The molecule has 2 unspecified atom stereocenters. The van der Waals surface area contributed by atoms with E-state index >= 15 is 0 Å². The van der Waals surface area contributed by atoms with Crippen LogP contribution in [0.1, 0.15) is 13.3 Å². The molecule has 4 N–H and O–H groups in total. The highest BCUT2D eigenvalue weighted by Gasteiger charge is 2.11. The highest BCUT2D eigenvalue weighted by atomic mass is 32.2. The molecule has 11 heavy (non-hydrogen) atoms. The number of hydrogen-bond acceptors (Lipinski definition) is 3. The SMILES string of the molecule is CC(CCN)S(=O)CC(N)=O. The van der Waals surface area contributed by atoms with Crippen molar-refractivity contribution in [3.63, 3.8) is 0 Å². The van der Waals surface area contributed by atoms with Crippen molar-refractivity contribution >= 4 is 16.7 Å². The highest BCUT2D eigenvalue weighted by molar-refractivity contribution is 7.86. The van der Waals surface area contributed by atoms with Crippen molar-refractivity contribution < 1.29 is 9.00 Å². The second kappa shape index (κ2) is 5.26. The average Bonchev–Trinajstić information content (AvgIpc) is 1.86. The van der Waals surface area contributed by atoms with Crippen molar-refractivity contribution in [2.75, 3.05) is 12.3 Å². The van der Waals surface area contributed by atoms with Gasteiger partial charge in [-0.3, -0.25) is 9.00 Å². The standard InChI is InChI=1S/C6H14N2O2S/c1-5(2-3-7)11(10)4-6(8)9/h5H,2-4,7H2,1H3,(H2,8,9). The zero-order chi connectivity index (χ0) is 8.85. The molecule has 0 aliphatic rings. The quantitative estimate of drug-likeness (QED) is 0.563. The van der Waals surface area contributed by atoms with E-state index in [2.05, 4.69) is 0 Å². The zero-order valence-corrected chi connectivity index (χ0v) is 7.39. The van der Waals surface area contributed by atoms with Crippen molar-refractivity contribution in [2.45, 2.75) is 18.6 Å². The fourth-order valence-corrected chi connectivity index (χ4v) is 1.61. The molecule has 0 aromatic carbocycles. The van der Waals surface area contributed by atoms with Crippen molar-refractivity contribution in [1.29, 1.82) is 0 Å². The number of amides is 1. The zero-order valence-electron chi connectivity index (χ0n) is 6.58. The van der Waals surface area contributed by atoms with Crippen LogP contribution in [0.4, 0.5) is 0 Å². The average molecular weight is 178 g/mol. The van der Waals surface area contributed by atoms with Crippen LogP contribution >= 0.6 is 0 Å². The van der Waals surface area contributed by atoms with Crippen LogP contribution < -0.4 is 11.5 Å². The maximum absolute atomic E-state index is 11.1. The largest absolute Gasteiger partial charge is 0.369 e. The van der Waals surface area contributed by atoms with Crippen LogP contribution in [0.2, 0.25) is 0 Å². The molecule has 0 spiro atoms. The molecule has 0 aromatic heterocycles. The summed E-state index contributed by atoms with van der Waals surface area (Å²) >= 11 is 0. The van der Waals surface area contributed by atoms with Crippen LogP contribution in [-0.2, 0) is 15.6 Å². The number of carbonyl (C=O) groups excluding carboxylic acids is 1. The van der Waals surface area contributed by atoms with E-state index in [1.54, 1.807) is 6.92 Å². The number of hydrogen-bond donors (Lipinski definition) is 2. The third-order valence-corrected chi connectivity index (χ3v) is 3.01. The van der Waals surface area contributed by atoms with E-state index in [-0.39, 0.29) is 11.0 Å². The second-order valence-corrected chi connectivity index (χ2v) is 4.23. The van der Waals surface area contributed by atoms with Crippen LogP contribution in [0.25, 0.3) is 0 Å². The van der Waals surface area contributed by atoms with Gasteiger partial charge in [-0.05, 0) is 13.0 Å². The molecule has 0 rings (SSSR count). The molecule has 0 fully saturated rings. The number of primary amides is 1. The Balaban J connectivity index is 3.73. The lowest BCUT2D eigenvalue weighted by atomic mass is 10.3. The molecule has 5 heteroatoms. The maximum Gasteiger partial charge on any atom is 0.230 e. The number of rotatable bonds is 5. The molecule has 0 aromatic rings. The molecule has 0 aliphatic carbocycles. The van der Waals surface area contributed by atoms with E-state index in [0.29, 0.717) is 13.0 Å². The van der Waals surface area contributed by atoms with Crippen LogP contribution in [0.15, 0.2) is 0 Å². The summed E-state index contributed by atoms with van der Waals surface area (Å²) in [6.07, 6.45) is 0.667. The Morgan fingerprint density at radius 1 is 1.64 bits per heavy atom. The predicted molar refractivity (Wildman–Crippen MR) is 45.3 cm³/mol. The van der Waals surface area contributed by atoms with Gasteiger partial charge in [0.25, 0.3) is 0 Å². The molecule has 4 nitrogen and oxygen atoms in total. The Labute approximate surface area is 68.8 Å². The third kappa shape index (κ3) is 4.92. The summed E-state index contributed by atoms with van der Waals surface area (Å²) < 4.78 is 11.1. The minimum absolute atomic E-state index is 0.0347. The lowest BCUT2D eigenvalue weighted by Gasteiger charge is -2.07. The molecule has 0 aliphatic heterocycles. The number of nitrogens with two attached hydrogens (primary N) is 2. The summed E-state index contributed by atoms with van der Waals surface area (Å²) in [4.78, 5) is 10.3. The van der Waals surface area contributed by atoms with Crippen LogP contribution in [-0.4, -0.2) is 27.7 Å². The molecular formula is C6H14N2O2S. The monoisotopic (exact) mass is 178 g/mol. The van der Waals surface area contributed by atoms with Crippen molar-refractivity contribution in [2.24, 2.45) is 11.5 Å². The fraction of sp³-hybridized carbons (Fsp3) is 0.833. The van der Waals surface area contributed by atoms with Crippen LogP contribution in [0, 0.1) is 0 Å². The summed E-state index contributed by atoms with van der Waals surface area (Å²) in [6.45, 7) is 2.29. The Hall–Kier alpha value is -0.420. The summed E-state index contributed by atoms with van der Waals surface area (Å²) in [5.74, 6) is -0.576. The molecule has 1 amide bonds. The first-order valence-electron chi connectivity index (χ1n) is 3.43. The Morgan fingerprint density at radius 2 is 2.18 bits per heavy atom. The molecule has 2 atom stereocenters. The molecule has 66 valence electrons. The molecule has 0 saturated heterocycles. The second-order valence-electron chi connectivity index (χ2n) is 2.38. The van der Waals surface area contributed by atoms with Crippen molar-refractivity contribution in [1.82, 2.24) is 0 Å². The molecular weight excluding hydrogens is 164 g/mol. The lowest BCUT2D eigenvalue weighted by molar-refractivity contribution is -0.115. The number of carbonyl (C=O) groups is 1. The van der Waals surface area contributed by atoms with E-state index in [1.807, 2.05) is 0 Å². The summed E-state index contributed by atoms with van der Waals surface area (Å²) in [5.41, 5.74) is 10.1. The van der Waals surface area contributed by atoms with Gasteiger partial charge in [0.1, 0.15) is 5.75 Å². The van der Waals surface area contributed by atoms with Crippen LogP contribution in [0.5, 0.6) is 0 Å². The van der Waals surface area contributed by atoms with Gasteiger partial charge in [0.2, 0.25) is 5.91 Å². The third-order valence-electron chi connectivity index (χ3n) is 1.31. The van der Waals surface area contributed by atoms with Gasteiger partial charge in [0.05, 0.1) is 0 Å². The Bertz CT molecular complexity index is 161. The van der Waals surface area contributed by atoms with Gasteiger partial charge in [0, 0.05) is 16.0 Å². The highest BCUT2D eigenvalue weighted by Crippen LogP contribution is 1.99.